The summed E-state index contributed by atoms with van der Waals surface area (Å²) in [5.74, 6) is 1.62. The highest BCUT2D eigenvalue weighted by Gasteiger charge is 2.12. The van der Waals surface area contributed by atoms with Gasteiger partial charge in [0.1, 0.15) is 17.3 Å². The number of carbonyl (C=O) groups is 1. The van der Waals surface area contributed by atoms with Gasteiger partial charge in [0.15, 0.2) is 11.5 Å². The third kappa shape index (κ3) is 5.72. The summed E-state index contributed by atoms with van der Waals surface area (Å²) >= 11 is 1.52. The Morgan fingerprint density at radius 3 is 2.53 bits per heavy atom. The molecule has 36 heavy (non-hydrogen) atoms. The Morgan fingerprint density at radius 2 is 1.75 bits per heavy atom. The highest BCUT2D eigenvalue weighted by atomic mass is 32.1. The van der Waals surface area contributed by atoms with E-state index < -0.39 is 0 Å². The van der Waals surface area contributed by atoms with Crippen molar-refractivity contribution in [3.63, 3.8) is 0 Å². The van der Waals surface area contributed by atoms with Crippen LogP contribution in [0.1, 0.15) is 5.69 Å². The summed E-state index contributed by atoms with van der Waals surface area (Å²) in [5.41, 5.74) is 2.71. The molecule has 4 aromatic rings. The Kier molecular flexibility index (Phi) is 7.96. The van der Waals surface area contributed by atoms with Crippen molar-refractivity contribution in [3.8, 4) is 39.1 Å². The molecular formula is C26H26N4O5S. The van der Waals surface area contributed by atoms with Gasteiger partial charge >= 0.3 is 0 Å². The molecule has 9 nitrogen and oxygen atoms in total. The molecule has 0 saturated carbocycles. The monoisotopic (exact) mass is 506 g/mol. The SMILES string of the molecule is COc1ccc(-c2nc(CCNC(=O)Cn3nc(-c4ccccc4OC)ccc3=O)cs2)cc1OC. The van der Waals surface area contributed by atoms with Crippen LogP contribution in [0, 0.1) is 0 Å². The topological polar surface area (TPSA) is 105 Å². The van der Waals surface area contributed by atoms with Crippen molar-refractivity contribution < 1.29 is 19.0 Å². The molecular weight excluding hydrogens is 480 g/mol. The van der Waals surface area contributed by atoms with Gasteiger partial charge in [-0.2, -0.15) is 5.10 Å². The average Bonchev–Trinajstić information content (AvgIpc) is 3.38. The molecule has 0 aliphatic carbocycles. The number of para-hydroxylation sites is 1. The van der Waals surface area contributed by atoms with E-state index in [-0.39, 0.29) is 18.0 Å². The molecule has 1 N–H and O–H groups in total. The molecule has 0 aliphatic rings. The lowest BCUT2D eigenvalue weighted by molar-refractivity contribution is -0.121. The molecule has 0 aliphatic heterocycles. The van der Waals surface area contributed by atoms with Crippen LogP contribution in [0.4, 0.5) is 0 Å². The van der Waals surface area contributed by atoms with Crippen LogP contribution in [0.15, 0.2) is 64.8 Å². The zero-order valence-electron chi connectivity index (χ0n) is 20.2. The second-order valence-corrected chi connectivity index (χ2v) is 8.59. The predicted molar refractivity (Wildman–Crippen MR) is 138 cm³/mol. The van der Waals surface area contributed by atoms with Crippen LogP contribution < -0.4 is 25.1 Å². The van der Waals surface area contributed by atoms with E-state index in [0.717, 1.165) is 26.5 Å². The molecule has 0 spiro atoms. The minimum Gasteiger partial charge on any atom is -0.496 e. The van der Waals surface area contributed by atoms with Gasteiger partial charge in [0.05, 0.1) is 32.7 Å². The minimum atomic E-state index is -0.358. The quantitative estimate of drug-likeness (QED) is 0.351. The second-order valence-electron chi connectivity index (χ2n) is 7.73. The molecule has 0 atom stereocenters. The van der Waals surface area contributed by atoms with Gasteiger partial charge in [0, 0.05) is 35.5 Å². The number of hydrogen-bond donors (Lipinski definition) is 1. The summed E-state index contributed by atoms with van der Waals surface area (Å²) < 4.78 is 17.2. The van der Waals surface area contributed by atoms with Gasteiger partial charge in [-0.15, -0.1) is 11.3 Å². The smallest absolute Gasteiger partial charge is 0.267 e. The molecule has 10 heteroatoms. The first-order chi connectivity index (χ1) is 17.5. The number of rotatable bonds is 10. The van der Waals surface area contributed by atoms with E-state index in [1.165, 1.54) is 17.4 Å². The average molecular weight is 507 g/mol. The van der Waals surface area contributed by atoms with E-state index in [4.69, 9.17) is 14.2 Å². The fourth-order valence-corrected chi connectivity index (χ4v) is 4.46. The third-order valence-corrected chi connectivity index (χ3v) is 6.37. The van der Waals surface area contributed by atoms with Crippen LogP contribution in [-0.4, -0.2) is 48.5 Å². The van der Waals surface area contributed by atoms with E-state index in [1.807, 2.05) is 47.8 Å². The maximum atomic E-state index is 12.5. The summed E-state index contributed by atoms with van der Waals surface area (Å²) in [5, 5.41) is 10.00. The number of aromatic nitrogens is 3. The Labute approximate surface area is 212 Å². The van der Waals surface area contributed by atoms with Gasteiger partial charge in [-0.3, -0.25) is 9.59 Å². The minimum absolute atomic E-state index is 0.185. The largest absolute Gasteiger partial charge is 0.496 e. The lowest BCUT2D eigenvalue weighted by atomic mass is 10.1. The molecule has 0 fully saturated rings. The maximum Gasteiger partial charge on any atom is 0.267 e. The lowest BCUT2D eigenvalue weighted by Gasteiger charge is -2.10. The van der Waals surface area contributed by atoms with Crippen molar-refractivity contribution in [2.45, 2.75) is 13.0 Å². The van der Waals surface area contributed by atoms with Crippen molar-refractivity contribution in [2.75, 3.05) is 27.9 Å². The molecule has 0 bridgehead atoms. The van der Waals surface area contributed by atoms with Gasteiger partial charge in [0.2, 0.25) is 5.91 Å². The second kappa shape index (κ2) is 11.5. The fourth-order valence-electron chi connectivity index (χ4n) is 3.61. The zero-order valence-corrected chi connectivity index (χ0v) is 21.0. The summed E-state index contributed by atoms with van der Waals surface area (Å²) in [6.07, 6.45) is 0.555. The molecule has 2 aromatic heterocycles. The van der Waals surface area contributed by atoms with Gasteiger partial charge in [-0.25, -0.2) is 9.67 Å². The highest BCUT2D eigenvalue weighted by Crippen LogP contribution is 2.33. The van der Waals surface area contributed by atoms with Gasteiger partial charge in [-0.1, -0.05) is 12.1 Å². The number of carbonyl (C=O) groups excluding carboxylic acids is 1. The molecule has 0 saturated heterocycles. The van der Waals surface area contributed by atoms with Crippen LogP contribution in [0.5, 0.6) is 17.2 Å². The number of nitrogens with one attached hydrogen (secondary N) is 1. The number of methoxy groups -OCH3 is 3. The first-order valence-electron chi connectivity index (χ1n) is 11.2. The number of nitrogens with zero attached hydrogens (tertiary/aromatic N) is 3. The van der Waals surface area contributed by atoms with Crippen molar-refractivity contribution in [1.82, 2.24) is 20.1 Å². The Morgan fingerprint density at radius 1 is 0.972 bits per heavy atom. The van der Waals surface area contributed by atoms with Gasteiger partial charge < -0.3 is 19.5 Å². The van der Waals surface area contributed by atoms with Crippen molar-refractivity contribution in [2.24, 2.45) is 0 Å². The number of ether oxygens (including phenoxy) is 3. The number of hydrogen-bond acceptors (Lipinski definition) is 8. The van der Waals surface area contributed by atoms with E-state index in [2.05, 4.69) is 15.4 Å². The molecule has 2 heterocycles. The van der Waals surface area contributed by atoms with Crippen LogP contribution in [0.2, 0.25) is 0 Å². The first-order valence-corrected chi connectivity index (χ1v) is 12.1. The molecule has 0 unspecified atom stereocenters. The Hall–Kier alpha value is -4.18. The highest BCUT2D eigenvalue weighted by molar-refractivity contribution is 7.13. The Balaban J connectivity index is 1.36. The van der Waals surface area contributed by atoms with Crippen LogP contribution >= 0.6 is 11.3 Å². The predicted octanol–water partition coefficient (Wildman–Crippen LogP) is 3.42. The zero-order chi connectivity index (χ0) is 25.5. The molecule has 2 aromatic carbocycles. The van der Waals surface area contributed by atoms with Crippen molar-refractivity contribution in [3.05, 3.63) is 76.0 Å². The number of amides is 1. The van der Waals surface area contributed by atoms with Crippen LogP contribution in [0.25, 0.3) is 21.8 Å². The summed E-state index contributed by atoms with van der Waals surface area (Å²) in [6.45, 7) is 0.199. The molecule has 1 amide bonds. The standard InChI is InChI=1S/C26H26N4O5S/c1-33-21-7-5-4-6-19(21)20-9-11-25(32)30(29-20)15-24(31)27-13-12-18-16-36-26(28-18)17-8-10-22(34-2)23(14-17)35-3/h4-11,14,16H,12-13,15H2,1-3H3,(H,27,31). The first kappa shape index (κ1) is 24.9. The number of benzene rings is 2. The maximum absolute atomic E-state index is 12.5. The third-order valence-electron chi connectivity index (χ3n) is 5.43. The van der Waals surface area contributed by atoms with Crippen molar-refractivity contribution >= 4 is 17.2 Å². The normalized spacial score (nSPS) is 10.6. The van der Waals surface area contributed by atoms with E-state index >= 15 is 0 Å². The van der Waals surface area contributed by atoms with Gasteiger partial charge in [0.25, 0.3) is 5.56 Å². The van der Waals surface area contributed by atoms with E-state index in [9.17, 15) is 9.59 Å². The molecule has 4 rings (SSSR count). The lowest BCUT2D eigenvalue weighted by Crippen LogP contribution is -2.34. The van der Waals surface area contributed by atoms with Gasteiger partial charge in [-0.05, 0) is 36.4 Å². The van der Waals surface area contributed by atoms with Crippen molar-refractivity contribution in [1.29, 1.82) is 0 Å². The summed E-state index contributed by atoms with van der Waals surface area (Å²) in [4.78, 5) is 29.4. The van der Waals surface area contributed by atoms with E-state index in [0.29, 0.717) is 35.9 Å². The molecule has 186 valence electrons. The van der Waals surface area contributed by atoms with E-state index in [1.54, 1.807) is 27.4 Å². The van der Waals surface area contributed by atoms with Crippen LogP contribution in [-0.2, 0) is 17.8 Å². The molecule has 0 radical (unpaired) electrons. The van der Waals surface area contributed by atoms with Crippen LogP contribution in [0.3, 0.4) is 0 Å². The summed E-state index contributed by atoms with van der Waals surface area (Å²) in [6, 6.07) is 16.0. The fraction of sp³-hybridized carbons (Fsp3) is 0.231. The summed E-state index contributed by atoms with van der Waals surface area (Å²) in [7, 11) is 4.76. The Bertz CT molecular complexity index is 1420. The number of thiazole rings is 1.